The summed E-state index contributed by atoms with van der Waals surface area (Å²) < 4.78 is 7.77. The molecule has 1 unspecified atom stereocenters. The van der Waals surface area contributed by atoms with E-state index in [0.29, 0.717) is 12.6 Å². The highest BCUT2D eigenvalue weighted by Gasteiger charge is 2.33. The smallest absolute Gasteiger partial charge is 0.225 e. The van der Waals surface area contributed by atoms with E-state index in [0.717, 1.165) is 58.9 Å². The number of aliphatic imine (C=N–C) groups is 2. The van der Waals surface area contributed by atoms with Gasteiger partial charge in [-0.1, -0.05) is 35.0 Å². The lowest BCUT2D eigenvalue weighted by Gasteiger charge is -2.36. The molecule has 1 aliphatic rings. The van der Waals surface area contributed by atoms with Crippen LogP contribution in [0.25, 0.3) is 10.9 Å². The Morgan fingerprint density at radius 3 is 2.89 bits per heavy atom. The van der Waals surface area contributed by atoms with Gasteiger partial charge in [0.1, 0.15) is 5.75 Å². The quantitative estimate of drug-likeness (QED) is 0.208. The molecule has 0 spiro atoms. The fourth-order valence-corrected chi connectivity index (χ4v) is 4.86. The molecule has 2 aromatic carbocycles. The molecule has 1 aliphatic heterocycles. The predicted octanol–water partition coefficient (Wildman–Crippen LogP) is 5.42. The van der Waals surface area contributed by atoms with Crippen molar-refractivity contribution in [3.8, 4) is 5.75 Å². The molecule has 0 aliphatic carbocycles. The number of benzene rings is 2. The maximum Gasteiger partial charge on any atom is 0.225 e. The van der Waals surface area contributed by atoms with Gasteiger partial charge in [0, 0.05) is 53.5 Å². The molecule has 36 heavy (non-hydrogen) atoms. The van der Waals surface area contributed by atoms with Gasteiger partial charge in [0.2, 0.25) is 5.96 Å². The van der Waals surface area contributed by atoms with Gasteiger partial charge in [-0.15, -0.1) is 5.10 Å². The third-order valence-corrected chi connectivity index (χ3v) is 6.53. The van der Waals surface area contributed by atoms with Gasteiger partial charge in [0.15, 0.2) is 0 Å². The van der Waals surface area contributed by atoms with Crippen molar-refractivity contribution in [1.82, 2.24) is 24.9 Å². The van der Waals surface area contributed by atoms with E-state index in [1.54, 1.807) is 17.1 Å². The highest BCUT2D eigenvalue weighted by Crippen LogP contribution is 2.39. The van der Waals surface area contributed by atoms with Gasteiger partial charge in [-0.05, 0) is 61.5 Å². The predicted molar refractivity (Wildman–Crippen MR) is 144 cm³/mol. The first-order chi connectivity index (χ1) is 17.7. The maximum absolute atomic E-state index is 6.33. The van der Waals surface area contributed by atoms with Crippen molar-refractivity contribution >= 4 is 35.2 Å². The Balaban J connectivity index is 1.43. The molecule has 0 bridgehead atoms. The monoisotopic (exact) mass is 501 g/mol. The molecule has 184 valence electrons. The number of ether oxygens (including phenoxy) is 1. The number of nitrogens with one attached hydrogen (secondary N) is 1. The van der Waals surface area contributed by atoms with E-state index in [4.69, 9.17) is 16.3 Å². The van der Waals surface area contributed by atoms with E-state index in [1.165, 1.54) is 5.56 Å². The van der Waals surface area contributed by atoms with Crippen LogP contribution in [0.15, 0.2) is 77.1 Å². The number of guanidine groups is 1. The Kier molecular flexibility index (Phi) is 7.13. The third kappa shape index (κ3) is 4.90. The SMILES string of the molecule is C=NC(=NC=CC)N1CCc2c([nH]c3ccc(Cl)cc23)C1c1ccc(OCCCn2ccnn2)cc1. The van der Waals surface area contributed by atoms with Gasteiger partial charge in [-0.2, -0.15) is 0 Å². The Labute approximate surface area is 215 Å². The summed E-state index contributed by atoms with van der Waals surface area (Å²) in [6.45, 7) is 7.85. The Morgan fingerprint density at radius 2 is 2.14 bits per heavy atom. The van der Waals surface area contributed by atoms with E-state index in [1.807, 2.05) is 49.5 Å². The average molecular weight is 502 g/mol. The largest absolute Gasteiger partial charge is 0.494 e. The van der Waals surface area contributed by atoms with Crippen molar-refractivity contribution in [2.75, 3.05) is 13.2 Å². The number of aryl methyl sites for hydroxylation is 1. The number of hydrogen-bond acceptors (Lipinski definition) is 4. The lowest BCUT2D eigenvalue weighted by atomic mass is 9.92. The van der Waals surface area contributed by atoms with Crippen LogP contribution in [0.4, 0.5) is 0 Å². The number of hydrogen-bond donors (Lipinski definition) is 1. The number of H-pyrrole nitrogens is 1. The van der Waals surface area contributed by atoms with Gasteiger partial charge in [-0.25, -0.2) is 9.98 Å². The van der Waals surface area contributed by atoms with E-state index in [9.17, 15) is 0 Å². The Morgan fingerprint density at radius 1 is 1.28 bits per heavy atom. The molecule has 0 amide bonds. The number of allylic oxidation sites excluding steroid dienone is 1. The lowest BCUT2D eigenvalue weighted by molar-refractivity contribution is 0.297. The lowest BCUT2D eigenvalue weighted by Crippen LogP contribution is -2.39. The molecule has 4 aromatic rings. The number of aromatic nitrogens is 4. The molecule has 0 saturated carbocycles. The van der Waals surface area contributed by atoms with Crippen LogP contribution >= 0.6 is 11.6 Å². The van der Waals surface area contributed by atoms with Crippen molar-refractivity contribution < 1.29 is 4.74 Å². The minimum atomic E-state index is -0.101. The van der Waals surface area contributed by atoms with Gasteiger partial charge in [-0.3, -0.25) is 4.68 Å². The summed E-state index contributed by atoms with van der Waals surface area (Å²) in [4.78, 5) is 14.7. The third-order valence-electron chi connectivity index (χ3n) is 6.29. The molecular weight excluding hydrogens is 474 g/mol. The molecule has 2 aromatic heterocycles. The molecule has 9 heteroatoms. The summed E-state index contributed by atoms with van der Waals surface area (Å²) in [5.41, 5.74) is 4.58. The second-order valence-corrected chi connectivity index (χ2v) is 9.00. The second-order valence-electron chi connectivity index (χ2n) is 8.56. The van der Waals surface area contributed by atoms with E-state index < -0.39 is 0 Å². The zero-order valence-electron chi connectivity index (χ0n) is 20.1. The average Bonchev–Trinajstić information content (AvgIpc) is 3.55. The first-order valence-electron chi connectivity index (χ1n) is 12.0. The van der Waals surface area contributed by atoms with Gasteiger partial charge in [0.25, 0.3) is 0 Å². The minimum absolute atomic E-state index is 0.101. The Hall–Kier alpha value is -3.91. The summed E-state index contributed by atoms with van der Waals surface area (Å²) in [6.07, 6.45) is 8.86. The zero-order chi connectivity index (χ0) is 24.9. The highest BCUT2D eigenvalue weighted by molar-refractivity contribution is 6.31. The summed E-state index contributed by atoms with van der Waals surface area (Å²) in [6, 6.07) is 14.1. The van der Waals surface area contributed by atoms with Crippen LogP contribution in [0.1, 0.15) is 36.2 Å². The molecule has 5 rings (SSSR count). The van der Waals surface area contributed by atoms with Crippen LogP contribution in [0.3, 0.4) is 0 Å². The van der Waals surface area contributed by atoms with Crippen LogP contribution in [-0.2, 0) is 13.0 Å². The summed E-state index contributed by atoms with van der Waals surface area (Å²) >= 11 is 6.33. The summed E-state index contributed by atoms with van der Waals surface area (Å²) in [7, 11) is 0. The highest BCUT2D eigenvalue weighted by atomic mass is 35.5. The van der Waals surface area contributed by atoms with Crippen LogP contribution in [0.2, 0.25) is 5.02 Å². The van der Waals surface area contributed by atoms with E-state index in [-0.39, 0.29) is 6.04 Å². The summed E-state index contributed by atoms with van der Waals surface area (Å²) in [5.74, 6) is 1.42. The normalized spacial score (nSPS) is 16.0. The topological polar surface area (TPSA) is 83.7 Å². The van der Waals surface area contributed by atoms with Crippen LogP contribution in [0, 0.1) is 0 Å². The standard InChI is InChI=1S/C27H28ClN7O/c1-3-12-30-27(29-2)35-15-11-22-23-18-20(28)7-10-24(23)32-25(22)26(35)19-5-8-21(9-6-19)36-17-4-14-34-16-13-31-33-34/h3,5-10,12-13,16,18,26,32H,2,4,11,14-15,17H2,1H3. The van der Waals surface area contributed by atoms with Crippen molar-refractivity contribution in [2.24, 2.45) is 9.98 Å². The fourth-order valence-electron chi connectivity index (χ4n) is 4.68. The first kappa shape index (κ1) is 23.8. The molecule has 3 heterocycles. The fraction of sp³-hybridized carbons (Fsp3) is 0.259. The molecule has 1 N–H and O–H groups in total. The van der Waals surface area contributed by atoms with Crippen molar-refractivity contribution in [2.45, 2.75) is 32.4 Å². The number of fused-ring (bicyclic) bond motifs is 3. The van der Waals surface area contributed by atoms with Crippen molar-refractivity contribution in [1.29, 1.82) is 0 Å². The number of halogens is 1. The van der Waals surface area contributed by atoms with Gasteiger partial charge < -0.3 is 14.6 Å². The summed E-state index contributed by atoms with van der Waals surface area (Å²) in [5, 5.41) is 9.70. The molecular formula is C27H28ClN7O. The van der Waals surface area contributed by atoms with Crippen LogP contribution in [-0.4, -0.2) is 50.7 Å². The maximum atomic E-state index is 6.33. The van der Waals surface area contributed by atoms with Crippen LogP contribution < -0.4 is 4.74 Å². The molecule has 0 radical (unpaired) electrons. The van der Waals surface area contributed by atoms with Gasteiger partial charge in [0.05, 0.1) is 18.8 Å². The second kappa shape index (κ2) is 10.8. The Bertz CT molecular complexity index is 1390. The van der Waals surface area contributed by atoms with Crippen molar-refractivity contribution in [3.63, 3.8) is 0 Å². The number of rotatable bonds is 7. The number of nitrogens with zero attached hydrogens (tertiary/aromatic N) is 6. The van der Waals surface area contributed by atoms with Crippen LogP contribution in [0.5, 0.6) is 5.75 Å². The number of aromatic amines is 1. The zero-order valence-corrected chi connectivity index (χ0v) is 20.9. The van der Waals surface area contributed by atoms with E-state index in [2.05, 4.69) is 49.0 Å². The van der Waals surface area contributed by atoms with Crippen molar-refractivity contribution in [3.05, 3.63) is 89.0 Å². The first-order valence-corrected chi connectivity index (χ1v) is 12.3. The molecule has 1 atom stereocenters. The van der Waals surface area contributed by atoms with E-state index >= 15 is 0 Å². The molecule has 0 fully saturated rings. The molecule has 0 saturated heterocycles. The van der Waals surface area contributed by atoms with Gasteiger partial charge >= 0.3 is 0 Å². The molecule has 8 nitrogen and oxygen atoms in total. The minimum Gasteiger partial charge on any atom is -0.494 e.